The van der Waals surface area contributed by atoms with Gasteiger partial charge in [-0.2, -0.15) is 0 Å². The van der Waals surface area contributed by atoms with E-state index in [0.29, 0.717) is 12.4 Å². The van der Waals surface area contributed by atoms with Crippen molar-refractivity contribution < 1.29 is 14.7 Å². The van der Waals surface area contributed by atoms with E-state index in [9.17, 15) is 9.59 Å². The zero-order valence-corrected chi connectivity index (χ0v) is 14.3. The van der Waals surface area contributed by atoms with Crippen LogP contribution in [0.4, 0.5) is 10.6 Å². The average Bonchev–Trinajstić information content (AvgIpc) is 3.04. The molecule has 0 radical (unpaired) electrons. The number of aliphatic hydroxyl groups is 1. The molecule has 1 fully saturated rings. The Hall–Kier alpha value is -3.52. The number of aliphatic hydroxyl groups excluding tert-OH is 1. The van der Waals surface area contributed by atoms with Crippen LogP contribution in [0.15, 0.2) is 48.8 Å². The lowest BCUT2D eigenvalue weighted by atomic mass is 9.99. The average molecular weight is 363 g/mol. The second-order valence-corrected chi connectivity index (χ2v) is 6.12. The number of aromatic nitrogens is 2. The van der Waals surface area contributed by atoms with Gasteiger partial charge in [-0.25, -0.2) is 14.8 Å². The molecule has 1 unspecified atom stereocenters. The highest BCUT2D eigenvalue weighted by Gasteiger charge is 2.30. The van der Waals surface area contributed by atoms with Crippen LogP contribution in [0.5, 0.6) is 0 Å². The molecule has 27 heavy (non-hydrogen) atoms. The zero-order valence-electron chi connectivity index (χ0n) is 14.3. The molecule has 2 aromatic carbocycles. The zero-order chi connectivity index (χ0) is 18.8. The maximum Gasteiger partial charge on any atom is 0.322 e. The molecule has 8 nitrogen and oxygen atoms in total. The van der Waals surface area contributed by atoms with E-state index in [0.717, 1.165) is 27.6 Å². The number of carbonyl (C=O) groups is 2. The van der Waals surface area contributed by atoms with Crippen LogP contribution in [-0.2, 0) is 4.79 Å². The third-order valence-electron chi connectivity index (χ3n) is 4.39. The number of anilines is 1. The van der Waals surface area contributed by atoms with E-state index in [1.54, 1.807) is 0 Å². The van der Waals surface area contributed by atoms with Gasteiger partial charge in [0.1, 0.15) is 18.2 Å². The summed E-state index contributed by atoms with van der Waals surface area (Å²) in [5.41, 5.74) is 3.45. The van der Waals surface area contributed by atoms with Crippen LogP contribution in [0.25, 0.3) is 22.0 Å². The fraction of sp³-hybridized carbons (Fsp3) is 0.158. The number of benzene rings is 2. The van der Waals surface area contributed by atoms with Crippen molar-refractivity contribution in [1.82, 2.24) is 20.6 Å². The molecule has 4 rings (SSSR count). The molecule has 136 valence electrons. The molecule has 1 aliphatic heterocycles. The number of fused-ring (bicyclic) bond motifs is 1. The molecule has 2 heterocycles. The standard InChI is InChI=1S/C19H17N5O3/c25-8-7-20-17-14-9-13(5-6-15(14)21-10-22-17)11-1-3-12(4-2-11)16-18(26)24-19(27)23-16/h1-6,9-10,16,25H,7-8H2,(H,20,21,22)(H2,23,24,26,27). The van der Waals surface area contributed by atoms with Crippen molar-refractivity contribution in [3.8, 4) is 11.1 Å². The van der Waals surface area contributed by atoms with Gasteiger partial charge in [0.25, 0.3) is 5.91 Å². The summed E-state index contributed by atoms with van der Waals surface area (Å²) in [5, 5.41) is 17.8. The monoisotopic (exact) mass is 363 g/mol. The highest BCUT2D eigenvalue weighted by Crippen LogP contribution is 2.28. The molecule has 1 atom stereocenters. The van der Waals surface area contributed by atoms with Crippen molar-refractivity contribution in [1.29, 1.82) is 0 Å². The van der Waals surface area contributed by atoms with Gasteiger partial charge in [0, 0.05) is 11.9 Å². The summed E-state index contributed by atoms with van der Waals surface area (Å²) in [6.07, 6.45) is 1.48. The molecule has 3 amide bonds. The van der Waals surface area contributed by atoms with Crippen LogP contribution in [0.3, 0.4) is 0 Å². The highest BCUT2D eigenvalue weighted by atomic mass is 16.3. The number of hydrogen-bond donors (Lipinski definition) is 4. The molecular weight excluding hydrogens is 346 g/mol. The first-order valence-corrected chi connectivity index (χ1v) is 8.47. The Labute approximate surface area is 154 Å². The van der Waals surface area contributed by atoms with Crippen molar-refractivity contribution in [3.63, 3.8) is 0 Å². The lowest BCUT2D eigenvalue weighted by Gasteiger charge is -2.11. The minimum absolute atomic E-state index is 0.0118. The van der Waals surface area contributed by atoms with E-state index in [-0.39, 0.29) is 12.5 Å². The molecule has 3 aromatic rings. The molecule has 0 aliphatic carbocycles. The predicted octanol–water partition coefficient (Wildman–Crippen LogP) is 1.58. The normalized spacial score (nSPS) is 16.3. The lowest BCUT2D eigenvalue weighted by Crippen LogP contribution is -2.22. The Morgan fingerprint density at radius 1 is 1.04 bits per heavy atom. The first-order valence-electron chi connectivity index (χ1n) is 8.47. The fourth-order valence-electron chi connectivity index (χ4n) is 3.07. The first kappa shape index (κ1) is 16.9. The van der Waals surface area contributed by atoms with Crippen molar-refractivity contribution in [2.75, 3.05) is 18.5 Å². The van der Waals surface area contributed by atoms with E-state index in [2.05, 4.69) is 25.9 Å². The summed E-state index contributed by atoms with van der Waals surface area (Å²) in [6, 6.07) is 12.2. The summed E-state index contributed by atoms with van der Waals surface area (Å²) in [6.45, 7) is 0.415. The van der Waals surface area contributed by atoms with Crippen LogP contribution in [0.1, 0.15) is 11.6 Å². The van der Waals surface area contributed by atoms with Crippen LogP contribution >= 0.6 is 0 Å². The molecular formula is C19H17N5O3. The Morgan fingerprint density at radius 3 is 2.52 bits per heavy atom. The van der Waals surface area contributed by atoms with Gasteiger partial charge in [-0.15, -0.1) is 0 Å². The van der Waals surface area contributed by atoms with Gasteiger partial charge in [0.15, 0.2) is 0 Å². The maximum absolute atomic E-state index is 11.8. The highest BCUT2D eigenvalue weighted by molar-refractivity contribution is 6.04. The third kappa shape index (κ3) is 3.30. The predicted molar refractivity (Wildman–Crippen MR) is 100.0 cm³/mol. The quantitative estimate of drug-likeness (QED) is 0.512. The smallest absolute Gasteiger partial charge is 0.322 e. The van der Waals surface area contributed by atoms with Gasteiger partial charge in [-0.1, -0.05) is 30.3 Å². The number of urea groups is 1. The molecule has 1 aromatic heterocycles. The van der Waals surface area contributed by atoms with Crippen molar-refractivity contribution in [3.05, 3.63) is 54.4 Å². The Morgan fingerprint density at radius 2 is 1.81 bits per heavy atom. The third-order valence-corrected chi connectivity index (χ3v) is 4.39. The number of imide groups is 1. The van der Waals surface area contributed by atoms with Gasteiger partial charge in [-0.05, 0) is 28.8 Å². The van der Waals surface area contributed by atoms with Crippen molar-refractivity contribution in [2.24, 2.45) is 0 Å². The van der Waals surface area contributed by atoms with Gasteiger partial charge >= 0.3 is 6.03 Å². The largest absolute Gasteiger partial charge is 0.395 e. The summed E-state index contributed by atoms with van der Waals surface area (Å²) >= 11 is 0. The molecule has 1 aliphatic rings. The Bertz CT molecular complexity index is 1020. The first-order chi connectivity index (χ1) is 13.2. The molecule has 0 bridgehead atoms. The Kier molecular flexibility index (Phi) is 4.39. The number of carbonyl (C=O) groups excluding carboxylic acids is 2. The molecule has 1 saturated heterocycles. The van der Waals surface area contributed by atoms with Crippen molar-refractivity contribution in [2.45, 2.75) is 6.04 Å². The minimum Gasteiger partial charge on any atom is -0.395 e. The SMILES string of the molecule is O=C1NC(=O)C(c2ccc(-c3ccc4ncnc(NCCO)c4c3)cc2)N1. The number of nitrogens with one attached hydrogen (secondary N) is 3. The van der Waals surface area contributed by atoms with E-state index < -0.39 is 12.1 Å². The van der Waals surface area contributed by atoms with E-state index >= 15 is 0 Å². The maximum atomic E-state index is 11.8. The lowest BCUT2D eigenvalue weighted by molar-refractivity contribution is -0.120. The number of hydrogen-bond acceptors (Lipinski definition) is 6. The van der Waals surface area contributed by atoms with Crippen molar-refractivity contribution >= 4 is 28.7 Å². The van der Waals surface area contributed by atoms with E-state index in [4.69, 9.17) is 5.11 Å². The number of rotatable bonds is 5. The molecule has 0 saturated carbocycles. The summed E-state index contributed by atoms with van der Waals surface area (Å²) < 4.78 is 0. The topological polar surface area (TPSA) is 116 Å². The van der Waals surface area contributed by atoms with Gasteiger partial charge in [-0.3, -0.25) is 10.1 Å². The molecule has 8 heteroatoms. The fourth-order valence-corrected chi connectivity index (χ4v) is 3.07. The summed E-state index contributed by atoms with van der Waals surface area (Å²) in [4.78, 5) is 31.6. The van der Waals surface area contributed by atoms with E-state index in [1.165, 1.54) is 6.33 Å². The molecule has 0 spiro atoms. The molecule has 4 N–H and O–H groups in total. The van der Waals surface area contributed by atoms with Gasteiger partial charge in [0.05, 0.1) is 12.1 Å². The summed E-state index contributed by atoms with van der Waals surface area (Å²) in [5.74, 6) is 0.313. The summed E-state index contributed by atoms with van der Waals surface area (Å²) in [7, 11) is 0. The van der Waals surface area contributed by atoms with Crippen LogP contribution in [0.2, 0.25) is 0 Å². The van der Waals surface area contributed by atoms with E-state index in [1.807, 2.05) is 42.5 Å². The number of amides is 3. The Balaban J connectivity index is 1.66. The van der Waals surface area contributed by atoms with Crippen LogP contribution < -0.4 is 16.0 Å². The van der Waals surface area contributed by atoms with Crippen LogP contribution in [-0.4, -0.2) is 40.2 Å². The second kappa shape index (κ2) is 7.00. The number of nitrogens with zero attached hydrogens (tertiary/aromatic N) is 2. The van der Waals surface area contributed by atoms with Gasteiger partial charge in [0.2, 0.25) is 0 Å². The van der Waals surface area contributed by atoms with Crippen LogP contribution in [0, 0.1) is 0 Å². The van der Waals surface area contributed by atoms with Gasteiger partial charge < -0.3 is 15.7 Å². The second-order valence-electron chi connectivity index (χ2n) is 6.12. The minimum atomic E-state index is -0.661.